The summed E-state index contributed by atoms with van der Waals surface area (Å²) < 4.78 is 0. The van der Waals surface area contributed by atoms with Crippen LogP contribution in [-0.4, -0.2) is 63.5 Å². The Labute approximate surface area is 116 Å². The fourth-order valence-electron chi connectivity index (χ4n) is 2.60. The molecule has 2 fully saturated rings. The van der Waals surface area contributed by atoms with Crippen LogP contribution in [0.15, 0.2) is 0 Å². The maximum Gasteiger partial charge on any atom is 0.327 e. The van der Waals surface area contributed by atoms with E-state index in [9.17, 15) is 19.5 Å². The third-order valence-corrected chi connectivity index (χ3v) is 5.12. The Morgan fingerprint density at radius 2 is 2.16 bits per heavy atom. The molecule has 3 unspecified atom stereocenters. The molecule has 19 heavy (non-hydrogen) atoms. The topological polar surface area (TPSA) is 77.9 Å². The van der Waals surface area contributed by atoms with Gasteiger partial charge in [-0.25, -0.2) is 4.79 Å². The zero-order chi connectivity index (χ0) is 14.2. The number of thioether (sulfide) groups is 1. The van der Waals surface area contributed by atoms with Crippen molar-refractivity contribution in [1.29, 1.82) is 0 Å². The summed E-state index contributed by atoms with van der Waals surface area (Å²) in [4.78, 5) is 38.2. The van der Waals surface area contributed by atoms with Gasteiger partial charge in [-0.05, 0) is 6.42 Å². The summed E-state index contributed by atoms with van der Waals surface area (Å²) in [7, 11) is 1.67. The lowest BCUT2D eigenvalue weighted by atomic mass is 10.1. The van der Waals surface area contributed by atoms with Gasteiger partial charge in [0.15, 0.2) is 0 Å². The first-order valence-corrected chi connectivity index (χ1v) is 7.41. The van der Waals surface area contributed by atoms with Crippen molar-refractivity contribution in [2.45, 2.75) is 31.2 Å². The third-order valence-electron chi connectivity index (χ3n) is 3.67. The van der Waals surface area contributed by atoms with Gasteiger partial charge in [-0.2, -0.15) is 0 Å². The zero-order valence-electron chi connectivity index (χ0n) is 11.0. The molecule has 1 N–H and O–H groups in total. The lowest BCUT2D eigenvalue weighted by Gasteiger charge is -2.28. The van der Waals surface area contributed by atoms with Crippen LogP contribution in [0.1, 0.15) is 19.8 Å². The second-order valence-electron chi connectivity index (χ2n) is 4.97. The van der Waals surface area contributed by atoms with Crippen molar-refractivity contribution in [3.8, 4) is 0 Å². The van der Waals surface area contributed by atoms with E-state index in [-0.39, 0.29) is 23.6 Å². The molecular formula is C12H18N2O4S. The van der Waals surface area contributed by atoms with Gasteiger partial charge < -0.3 is 14.9 Å². The first-order valence-electron chi connectivity index (χ1n) is 6.36. The molecule has 106 valence electrons. The summed E-state index contributed by atoms with van der Waals surface area (Å²) >= 11 is 1.50. The van der Waals surface area contributed by atoms with E-state index in [0.29, 0.717) is 12.3 Å². The molecular weight excluding hydrogens is 268 g/mol. The zero-order valence-corrected chi connectivity index (χ0v) is 11.9. The molecule has 3 atom stereocenters. The Kier molecular flexibility index (Phi) is 4.03. The molecule has 0 spiro atoms. The Hall–Kier alpha value is -1.24. The molecule has 2 amide bonds. The van der Waals surface area contributed by atoms with Gasteiger partial charge >= 0.3 is 5.97 Å². The van der Waals surface area contributed by atoms with E-state index >= 15 is 0 Å². The normalized spacial score (nSPS) is 31.1. The number of nitrogens with zero attached hydrogens (tertiary/aromatic N) is 2. The van der Waals surface area contributed by atoms with Gasteiger partial charge in [-0.1, -0.05) is 6.92 Å². The lowest BCUT2D eigenvalue weighted by Crippen LogP contribution is -2.48. The number of carboxylic acids is 1. The Balaban J connectivity index is 2.15. The summed E-state index contributed by atoms with van der Waals surface area (Å²) in [5, 5.41) is 9.12. The minimum atomic E-state index is -0.963. The molecule has 2 heterocycles. The van der Waals surface area contributed by atoms with Gasteiger partial charge in [-0.3, -0.25) is 9.59 Å². The molecule has 0 bridgehead atoms. The highest BCUT2D eigenvalue weighted by atomic mass is 32.2. The van der Waals surface area contributed by atoms with Crippen molar-refractivity contribution in [1.82, 2.24) is 9.80 Å². The van der Waals surface area contributed by atoms with E-state index in [2.05, 4.69) is 0 Å². The van der Waals surface area contributed by atoms with Crippen LogP contribution in [0.25, 0.3) is 0 Å². The van der Waals surface area contributed by atoms with E-state index < -0.39 is 17.9 Å². The molecule has 2 aliphatic heterocycles. The maximum atomic E-state index is 12.5. The molecule has 0 radical (unpaired) electrons. The summed E-state index contributed by atoms with van der Waals surface area (Å²) in [6, 6.07) is -0.761. The maximum absolute atomic E-state index is 12.5. The van der Waals surface area contributed by atoms with Crippen molar-refractivity contribution in [3.05, 3.63) is 0 Å². The SMILES string of the molecule is CCC1SCC(C(=O)O)N1C(=O)C1CC(=O)N(C)C1. The number of hydrogen-bond donors (Lipinski definition) is 1. The number of carbonyl (C=O) groups excluding carboxylic acids is 2. The standard InChI is InChI=1S/C12H18N2O4S/c1-3-10-14(8(6-19-10)12(17)18)11(16)7-4-9(15)13(2)5-7/h7-8,10H,3-6H2,1-2H3,(H,17,18). The number of hydrogen-bond acceptors (Lipinski definition) is 4. The highest BCUT2D eigenvalue weighted by Crippen LogP contribution is 2.34. The monoisotopic (exact) mass is 286 g/mol. The van der Waals surface area contributed by atoms with Crippen LogP contribution in [0.4, 0.5) is 0 Å². The number of amides is 2. The van der Waals surface area contributed by atoms with Crippen LogP contribution in [0.3, 0.4) is 0 Å². The molecule has 0 aromatic heterocycles. The van der Waals surface area contributed by atoms with Gasteiger partial charge in [0.05, 0.1) is 11.3 Å². The Bertz CT molecular complexity index is 415. The van der Waals surface area contributed by atoms with Crippen molar-refractivity contribution in [2.75, 3.05) is 19.3 Å². The number of carboxylic acid groups (broad SMARTS) is 1. The molecule has 0 aliphatic carbocycles. The average molecular weight is 286 g/mol. The van der Waals surface area contributed by atoms with Crippen LogP contribution in [-0.2, 0) is 14.4 Å². The van der Waals surface area contributed by atoms with Gasteiger partial charge in [0, 0.05) is 25.8 Å². The molecule has 0 saturated carbocycles. The third kappa shape index (κ3) is 2.56. The largest absolute Gasteiger partial charge is 0.480 e. The van der Waals surface area contributed by atoms with E-state index in [4.69, 9.17) is 0 Å². The lowest BCUT2D eigenvalue weighted by molar-refractivity contribution is -0.150. The Morgan fingerprint density at radius 3 is 2.63 bits per heavy atom. The van der Waals surface area contributed by atoms with Gasteiger partial charge in [0.25, 0.3) is 0 Å². The van der Waals surface area contributed by atoms with Crippen LogP contribution in [0.2, 0.25) is 0 Å². The summed E-state index contributed by atoms with van der Waals surface area (Å²) in [6.45, 7) is 2.33. The molecule has 0 aromatic carbocycles. The minimum absolute atomic E-state index is 0.0508. The first-order chi connectivity index (χ1) is 8.95. The van der Waals surface area contributed by atoms with E-state index in [1.807, 2.05) is 6.92 Å². The number of rotatable bonds is 3. The van der Waals surface area contributed by atoms with Gasteiger partial charge in [0.2, 0.25) is 11.8 Å². The fourth-order valence-corrected chi connectivity index (χ4v) is 3.96. The predicted molar refractivity (Wildman–Crippen MR) is 70.6 cm³/mol. The molecule has 7 heteroatoms. The quantitative estimate of drug-likeness (QED) is 0.803. The van der Waals surface area contributed by atoms with E-state index in [1.165, 1.54) is 21.6 Å². The molecule has 6 nitrogen and oxygen atoms in total. The predicted octanol–water partition coefficient (Wildman–Crippen LogP) is 0.229. The summed E-state index contributed by atoms with van der Waals surface area (Å²) in [5.41, 5.74) is 0. The highest BCUT2D eigenvalue weighted by Gasteiger charge is 2.45. The number of aliphatic carboxylic acids is 1. The highest BCUT2D eigenvalue weighted by molar-refractivity contribution is 8.00. The second kappa shape index (κ2) is 5.40. The van der Waals surface area contributed by atoms with Crippen LogP contribution < -0.4 is 0 Å². The van der Waals surface area contributed by atoms with Crippen molar-refractivity contribution < 1.29 is 19.5 Å². The van der Waals surface area contributed by atoms with Crippen LogP contribution >= 0.6 is 11.8 Å². The summed E-state index contributed by atoms with van der Waals surface area (Å²) in [5.74, 6) is -1.18. The van der Waals surface area contributed by atoms with Crippen molar-refractivity contribution in [2.24, 2.45) is 5.92 Å². The molecule has 2 saturated heterocycles. The van der Waals surface area contributed by atoms with Crippen LogP contribution in [0, 0.1) is 5.92 Å². The second-order valence-corrected chi connectivity index (χ2v) is 6.18. The number of carbonyl (C=O) groups is 3. The van der Waals surface area contributed by atoms with Crippen molar-refractivity contribution >= 4 is 29.5 Å². The van der Waals surface area contributed by atoms with Gasteiger partial charge in [-0.15, -0.1) is 11.8 Å². The molecule has 0 aromatic rings. The fraction of sp³-hybridized carbons (Fsp3) is 0.750. The smallest absolute Gasteiger partial charge is 0.327 e. The van der Waals surface area contributed by atoms with E-state index in [1.54, 1.807) is 7.05 Å². The molecule has 2 aliphatic rings. The van der Waals surface area contributed by atoms with Gasteiger partial charge in [0.1, 0.15) is 6.04 Å². The first kappa shape index (κ1) is 14.2. The Morgan fingerprint density at radius 1 is 1.47 bits per heavy atom. The minimum Gasteiger partial charge on any atom is -0.480 e. The summed E-state index contributed by atoms with van der Waals surface area (Å²) in [6.07, 6.45) is 0.913. The van der Waals surface area contributed by atoms with Crippen molar-refractivity contribution in [3.63, 3.8) is 0 Å². The average Bonchev–Trinajstić information content (AvgIpc) is 2.93. The number of likely N-dealkylation sites (tertiary alicyclic amines) is 1. The van der Waals surface area contributed by atoms with E-state index in [0.717, 1.165) is 6.42 Å². The molecule has 2 rings (SSSR count). The van der Waals surface area contributed by atoms with Crippen LogP contribution in [0.5, 0.6) is 0 Å².